The fourth-order valence-electron chi connectivity index (χ4n) is 2.06. The molecule has 2 rings (SSSR count). The highest BCUT2D eigenvalue weighted by Gasteiger charge is 2.07. The van der Waals surface area contributed by atoms with Gasteiger partial charge in [0.05, 0.1) is 12.2 Å². The first-order valence-corrected chi connectivity index (χ1v) is 6.51. The zero-order valence-corrected chi connectivity index (χ0v) is 11.8. The van der Waals surface area contributed by atoms with Crippen LogP contribution < -0.4 is 10.6 Å². The molecule has 2 aromatic carbocycles. The van der Waals surface area contributed by atoms with Gasteiger partial charge in [0, 0.05) is 5.69 Å². The summed E-state index contributed by atoms with van der Waals surface area (Å²) < 4.78 is 26.4. The van der Waals surface area contributed by atoms with Crippen molar-refractivity contribution in [2.24, 2.45) is 0 Å². The second-order valence-electron chi connectivity index (χ2n) is 4.90. The number of carbonyl (C=O) groups excluding carboxylic acids is 1. The van der Waals surface area contributed by atoms with Gasteiger partial charge in [-0.3, -0.25) is 4.79 Å². The minimum absolute atomic E-state index is 0.0365. The zero-order chi connectivity index (χ0) is 15.4. The van der Waals surface area contributed by atoms with E-state index in [1.54, 1.807) is 0 Å². The van der Waals surface area contributed by atoms with Crippen molar-refractivity contribution in [2.75, 3.05) is 17.2 Å². The predicted molar refractivity (Wildman–Crippen MR) is 79.4 cm³/mol. The molecule has 0 aliphatic carbocycles. The molecule has 110 valence electrons. The molecule has 0 unspecified atom stereocenters. The van der Waals surface area contributed by atoms with E-state index in [1.165, 1.54) is 0 Å². The fourth-order valence-corrected chi connectivity index (χ4v) is 2.06. The average Bonchev–Trinajstić information content (AvgIpc) is 2.38. The molecule has 0 aliphatic heterocycles. The Kier molecular flexibility index (Phi) is 4.52. The Hall–Kier alpha value is -2.43. The van der Waals surface area contributed by atoms with E-state index in [1.807, 2.05) is 32.0 Å². The van der Waals surface area contributed by atoms with Crippen molar-refractivity contribution in [3.05, 3.63) is 59.2 Å². The Morgan fingerprint density at radius 1 is 1.05 bits per heavy atom. The molecule has 0 heterocycles. The number of hydrogen-bond acceptors (Lipinski definition) is 2. The maximum Gasteiger partial charge on any atom is 0.243 e. The molecule has 3 nitrogen and oxygen atoms in total. The molecule has 5 heteroatoms. The maximum atomic E-state index is 13.4. The number of carbonyl (C=O) groups is 1. The second kappa shape index (κ2) is 6.35. The van der Waals surface area contributed by atoms with Gasteiger partial charge in [-0.1, -0.05) is 6.07 Å². The third-order valence-corrected chi connectivity index (χ3v) is 2.87. The van der Waals surface area contributed by atoms with Gasteiger partial charge >= 0.3 is 0 Å². The van der Waals surface area contributed by atoms with Crippen LogP contribution in [0.4, 0.5) is 20.2 Å². The molecule has 0 bridgehead atoms. The lowest BCUT2D eigenvalue weighted by Crippen LogP contribution is -2.22. The SMILES string of the molecule is Cc1cc(C)cc(NC(=O)CNc2cc(F)ccc2F)c1. The number of amides is 1. The summed E-state index contributed by atoms with van der Waals surface area (Å²) in [5.74, 6) is -1.49. The van der Waals surface area contributed by atoms with Crippen LogP contribution in [0.3, 0.4) is 0 Å². The van der Waals surface area contributed by atoms with Crippen LogP contribution in [0.5, 0.6) is 0 Å². The first kappa shape index (κ1) is 15.0. The molecule has 0 saturated carbocycles. The number of rotatable bonds is 4. The van der Waals surface area contributed by atoms with E-state index in [4.69, 9.17) is 0 Å². The van der Waals surface area contributed by atoms with Gasteiger partial charge in [0.2, 0.25) is 5.91 Å². The molecular formula is C16H16F2N2O. The second-order valence-corrected chi connectivity index (χ2v) is 4.90. The molecule has 2 N–H and O–H groups in total. The standard InChI is InChI=1S/C16H16F2N2O/c1-10-5-11(2)7-13(6-10)20-16(21)9-19-15-8-12(17)3-4-14(15)18/h3-8,19H,9H2,1-2H3,(H,20,21). The Bertz CT molecular complexity index is 651. The summed E-state index contributed by atoms with van der Waals surface area (Å²) in [6.07, 6.45) is 0. The molecule has 1 amide bonds. The van der Waals surface area contributed by atoms with Gasteiger partial charge in [0.15, 0.2) is 0 Å². The van der Waals surface area contributed by atoms with Gasteiger partial charge in [-0.15, -0.1) is 0 Å². The lowest BCUT2D eigenvalue weighted by atomic mass is 10.1. The van der Waals surface area contributed by atoms with E-state index >= 15 is 0 Å². The molecule has 21 heavy (non-hydrogen) atoms. The highest BCUT2D eigenvalue weighted by atomic mass is 19.1. The summed E-state index contributed by atoms with van der Waals surface area (Å²) >= 11 is 0. The van der Waals surface area contributed by atoms with Crippen molar-refractivity contribution < 1.29 is 13.6 Å². The number of aryl methyl sites for hydroxylation is 2. The van der Waals surface area contributed by atoms with Gasteiger partial charge in [0.1, 0.15) is 11.6 Å². The highest BCUT2D eigenvalue weighted by Crippen LogP contribution is 2.16. The van der Waals surface area contributed by atoms with E-state index < -0.39 is 11.6 Å². The van der Waals surface area contributed by atoms with Gasteiger partial charge < -0.3 is 10.6 Å². The van der Waals surface area contributed by atoms with Crippen molar-refractivity contribution >= 4 is 17.3 Å². The van der Waals surface area contributed by atoms with E-state index in [0.717, 1.165) is 29.3 Å². The van der Waals surface area contributed by atoms with Crippen LogP contribution in [-0.2, 0) is 4.79 Å². The molecular weight excluding hydrogens is 274 g/mol. The van der Waals surface area contributed by atoms with Crippen molar-refractivity contribution in [3.8, 4) is 0 Å². The summed E-state index contributed by atoms with van der Waals surface area (Å²) in [4.78, 5) is 11.8. The number of hydrogen-bond donors (Lipinski definition) is 2. The molecule has 0 fully saturated rings. The number of halogens is 2. The van der Waals surface area contributed by atoms with Gasteiger partial charge in [0.25, 0.3) is 0 Å². The van der Waals surface area contributed by atoms with Crippen LogP contribution in [0.2, 0.25) is 0 Å². The summed E-state index contributed by atoms with van der Waals surface area (Å²) in [5, 5.41) is 5.29. The molecule has 0 saturated heterocycles. The number of nitrogens with one attached hydrogen (secondary N) is 2. The molecule has 2 aromatic rings. The van der Waals surface area contributed by atoms with E-state index in [0.29, 0.717) is 5.69 Å². The Balaban J connectivity index is 1.97. The molecule has 0 atom stereocenters. The topological polar surface area (TPSA) is 41.1 Å². The van der Waals surface area contributed by atoms with Gasteiger partial charge in [-0.25, -0.2) is 8.78 Å². The van der Waals surface area contributed by atoms with Crippen LogP contribution >= 0.6 is 0 Å². The summed E-state index contributed by atoms with van der Waals surface area (Å²) in [6.45, 7) is 3.72. The van der Waals surface area contributed by atoms with E-state index in [-0.39, 0.29) is 18.1 Å². The normalized spacial score (nSPS) is 10.3. The lowest BCUT2D eigenvalue weighted by molar-refractivity contribution is -0.114. The first-order valence-electron chi connectivity index (χ1n) is 6.51. The van der Waals surface area contributed by atoms with Crippen LogP contribution in [-0.4, -0.2) is 12.5 Å². The van der Waals surface area contributed by atoms with Gasteiger partial charge in [-0.05, 0) is 55.3 Å². The van der Waals surface area contributed by atoms with Crippen molar-refractivity contribution in [1.29, 1.82) is 0 Å². The summed E-state index contributed by atoms with van der Waals surface area (Å²) in [5.41, 5.74) is 2.72. The minimum atomic E-state index is -0.601. The fraction of sp³-hybridized carbons (Fsp3) is 0.188. The van der Waals surface area contributed by atoms with Crippen molar-refractivity contribution in [2.45, 2.75) is 13.8 Å². The van der Waals surface area contributed by atoms with Crippen LogP contribution in [0.15, 0.2) is 36.4 Å². The van der Waals surface area contributed by atoms with Crippen LogP contribution in [0.1, 0.15) is 11.1 Å². The number of benzene rings is 2. The summed E-state index contributed by atoms with van der Waals surface area (Å²) in [7, 11) is 0. The highest BCUT2D eigenvalue weighted by molar-refractivity contribution is 5.93. The molecule has 0 aromatic heterocycles. The quantitative estimate of drug-likeness (QED) is 0.902. The predicted octanol–water partition coefficient (Wildman–Crippen LogP) is 3.63. The maximum absolute atomic E-state index is 13.4. The Labute approximate surface area is 122 Å². The molecule has 0 aliphatic rings. The third kappa shape index (κ3) is 4.27. The van der Waals surface area contributed by atoms with Gasteiger partial charge in [-0.2, -0.15) is 0 Å². The molecule has 0 spiro atoms. The van der Waals surface area contributed by atoms with Crippen molar-refractivity contribution in [3.63, 3.8) is 0 Å². The summed E-state index contributed by atoms with van der Waals surface area (Å²) in [6, 6.07) is 8.73. The molecule has 0 radical (unpaired) electrons. The first-order chi connectivity index (χ1) is 9.94. The minimum Gasteiger partial charge on any atom is -0.374 e. The average molecular weight is 290 g/mol. The van der Waals surface area contributed by atoms with Crippen LogP contribution in [0, 0.1) is 25.5 Å². The number of anilines is 2. The Morgan fingerprint density at radius 3 is 2.38 bits per heavy atom. The van der Waals surface area contributed by atoms with E-state index in [2.05, 4.69) is 10.6 Å². The largest absolute Gasteiger partial charge is 0.374 e. The Morgan fingerprint density at radius 2 is 1.71 bits per heavy atom. The van der Waals surface area contributed by atoms with Crippen molar-refractivity contribution in [1.82, 2.24) is 0 Å². The third-order valence-electron chi connectivity index (χ3n) is 2.87. The monoisotopic (exact) mass is 290 g/mol. The zero-order valence-electron chi connectivity index (χ0n) is 11.8. The lowest BCUT2D eigenvalue weighted by Gasteiger charge is -2.10. The van der Waals surface area contributed by atoms with Crippen LogP contribution in [0.25, 0.3) is 0 Å². The van der Waals surface area contributed by atoms with E-state index in [9.17, 15) is 13.6 Å². The smallest absolute Gasteiger partial charge is 0.243 e.